The monoisotopic (exact) mass is 299 g/mol. The Morgan fingerprint density at radius 3 is 2.60 bits per heavy atom. The molecule has 1 atom stereocenters. The summed E-state index contributed by atoms with van der Waals surface area (Å²) in [7, 11) is 1.47. The minimum atomic E-state index is -0.540. The van der Waals surface area contributed by atoms with Crippen molar-refractivity contribution in [3.63, 3.8) is 0 Å². The molecule has 1 saturated heterocycles. The van der Waals surface area contributed by atoms with Gasteiger partial charge in [-0.25, -0.2) is 4.39 Å². The second-order valence-corrected chi connectivity index (χ2v) is 5.84. The Morgan fingerprint density at radius 1 is 1.45 bits per heavy atom. The van der Waals surface area contributed by atoms with E-state index in [4.69, 9.17) is 16.3 Å². The molecule has 0 aliphatic carbocycles. The van der Waals surface area contributed by atoms with Gasteiger partial charge in [0, 0.05) is 24.5 Å². The minimum Gasteiger partial charge on any atom is -0.497 e. The number of hydrogen-bond donors (Lipinski definition) is 0. The van der Waals surface area contributed by atoms with Crippen LogP contribution in [0.15, 0.2) is 18.2 Å². The number of hydrogen-bond acceptors (Lipinski definition) is 2. The Labute approximate surface area is 123 Å². The van der Waals surface area contributed by atoms with Gasteiger partial charge in [0.2, 0.25) is 0 Å². The van der Waals surface area contributed by atoms with Crippen LogP contribution in [-0.2, 0) is 0 Å². The third-order valence-electron chi connectivity index (χ3n) is 3.88. The van der Waals surface area contributed by atoms with E-state index in [1.807, 2.05) is 6.92 Å². The molecule has 1 aromatic carbocycles. The number of likely N-dealkylation sites (tertiary alicyclic amines) is 1. The van der Waals surface area contributed by atoms with Crippen molar-refractivity contribution in [1.29, 1.82) is 0 Å². The Bertz CT molecular complexity index is 485. The Kier molecular flexibility index (Phi) is 4.86. The molecule has 1 aliphatic rings. The van der Waals surface area contributed by atoms with Gasteiger partial charge >= 0.3 is 0 Å². The Morgan fingerprint density at radius 2 is 2.10 bits per heavy atom. The summed E-state index contributed by atoms with van der Waals surface area (Å²) >= 11 is 6.08. The molecule has 5 heteroatoms. The largest absolute Gasteiger partial charge is 0.497 e. The first-order chi connectivity index (χ1) is 9.52. The van der Waals surface area contributed by atoms with E-state index in [1.165, 1.54) is 19.2 Å². The Balaban J connectivity index is 2.05. The number of rotatable bonds is 3. The van der Waals surface area contributed by atoms with E-state index in [-0.39, 0.29) is 16.8 Å². The maximum absolute atomic E-state index is 13.9. The zero-order valence-corrected chi connectivity index (χ0v) is 12.5. The van der Waals surface area contributed by atoms with Crippen molar-refractivity contribution in [2.45, 2.75) is 25.1 Å². The van der Waals surface area contributed by atoms with Gasteiger partial charge < -0.3 is 9.64 Å². The summed E-state index contributed by atoms with van der Waals surface area (Å²) in [6.07, 6.45) is 1.74. The molecule has 0 bridgehead atoms. The highest BCUT2D eigenvalue weighted by Crippen LogP contribution is 2.25. The fourth-order valence-electron chi connectivity index (χ4n) is 2.53. The zero-order valence-electron chi connectivity index (χ0n) is 11.7. The van der Waals surface area contributed by atoms with Crippen LogP contribution in [0.5, 0.6) is 5.75 Å². The van der Waals surface area contributed by atoms with E-state index in [0.717, 1.165) is 12.8 Å². The Hall–Kier alpha value is -1.29. The van der Waals surface area contributed by atoms with Crippen molar-refractivity contribution >= 4 is 17.5 Å². The van der Waals surface area contributed by atoms with Gasteiger partial charge in [-0.2, -0.15) is 0 Å². The third-order valence-corrected chi connectivity index (χ3v) is 4.24. The van der Waals surface area contributed by atoms with Gasteiger partial charge in [-0.15, -0.1) is 11.6 Å². The van der Waals surface area contributed by atoms with Crippen molar-refractivity contribution in [2.24, 2.45) is 5.92 Å². The van der Waals surface area contributed by atoms with Gasteiger partial charge in [0.05, 0.1) is 12.7 Å². The number of carbonyl (C=O) groups is 1. The summed E-state index contributed by atoms with van der Waals surface area (Å²) in [6.45, 7) is 3.24. The van der Waals surface area contributed by atoms with Crippen LogP contribution in [0, 0.1) is 11.7 Å². The number of alkyl halides is 1. The van der Waals surface area contributed by atoms with E-state index in [1.54, 1.807) is 11.0 Å². The molecule has 1 unspecified atom stereocenters. The van der Waals surface area contributed by atoms with Crippen LogP contribution in [0.25, 0.3) is 0 Å². The molecule has 0 saturated carbocycles. The fraction of sp³-hybridized carbons (Fsp3) is 0.533. The van der Waals surface area contributed by atoms with E-state index in [0.29, 0.717) is 24.8 Å². The molecule has 1 fully saturated rings. The first-order valence-corrected chi connectivity index (χ1v) is 7.23. The van der Waals surface area contributed by atoms with Crippen LogP contribution in [0.1, 0.15) is 30.1 Å². The van der Waals surface area contributed by atoms with Gasteiger partial charge in [0.15, 0.2) is 0 Å². The minimum absolute atomic E-state index is 0.100. The number of halogens is 2. The SMILES string of the molecule is COc1ccc(C(=O)N2CCC(C(C)Cl)CC2)c(F)c1. The second kappa shape index (κ2) is 6.44. The van der Waals surface area contributed by atoms with Crippen molar-refractivity contribution in [3.8, 4) is 5.75 Å². The van der Waals surface area contributed by atoms with Crippen LogP contribution in [0.3, 0.4) is 0 Å². The molecule has 3 nitrogen and oxygen atoms in total. The normalized spacial score (nSPS) is 17.9. The van der Waals surface area contributed by atoms with E-state index in [9.17, 15) is 9.18 Å². The van der Waals surface area contributed by atoms with Gasteiger partial charge in [-0.05, 0) is 37.8 Å². The molecule has 1 heterocycles. The first-order valence-electron chi connectivity index (χ1n) is 6.79. The number of nitrogens with zero attached hydrogens (tertiary/aromatic N) is 1. The van der Waals surface area contributed by atoms with Crippen molar-refractivity contribution in [2.75, 3.05) is 20.2 Å². The lowest BCUT2D eigenvalue weighted by molar-refractivity contribution is 0.0685. The highest BCUT2D eigenvalue weighted by Gasteiger charge is 2.27. The van der Waals surface area contributed by atoms with Gasteiger partial charge in [0.1, 0.15) is 11.6 Å². The van der Waals surface area contributed by atoms with Gasteiger partial charge in [-0.1, -0.05) is 0 Å². The number of carbonyl (C=O) groups excluding carboxylic acids is 1. The lowest BCUT2D eigenvalue weighted by Gasteiger charge is -2.33. The highest BCUT2D eigenvalue weighted by molar-refractivity contribution is 6.20. The molecule has 2 rings (SSSR count). The quantitative estimate of drug-likeness (QED) is 0.801. The van der Waals surface area contributed by atoms with E-state index < -0.39 is 5.82 Å². The smallest absolute Gasteiger partial charge is 0.256 e. The molecule has 0 radical (unpaired) electrons. The van der Waals surface area contributed by atoms with Crippen LogP contribution < -0.4 is 4.74 Å². The lowest BCUT2D eigenvalue weighted by atomic mass is 9.93. The average molecular weight is 300 g/mol. The zero-order chi connectivity index (χ0) is 14.7. The lowest BCUT2D eigenvalue weighted by Crippen LogP contribution is -2.40. The van der Waals surface area contributed by atoms with E-state index in [2.05, 4.69) is 0 Å². The molecule has 1 amide bonds. The summed E-state index contributed by atoms with van der Waals surface area (Å²) < 4.78 is 18.8. The highest BCUT2D eigenvalue weighted by atomic mass is 35.5. The predicted molar refractivity (Wildman–Crippen MR) is 76.9 cm³/mol. The van der Waals surface area contributed by atoms with Gasteiger partial charge in [0.25, 0.3) is 5.91 Å². The number of methoxy groups -OCH3 is 1. The maximum Gasteiger partial charge on any atom is 0.256 e. The van der Waals surface area contributed by atoms with E-state index >= 15 is 0 Å². The number of benzene rings is 1. The molecule has 0 spiro atoms. The number of piperidine rings is 1. The van der Waals surface area contributed by atoms with Crippen molar-refractivity contribution in [3.05, 3.63) is 29.6 Å². The van der Waals surface area contributed by atoms with Crippen LogP contribution in [-0.4, -0.2) is 36.4 Å². The topological polar surface area (TPSA) is 29.5 Å². The molecule has 0 aromatic heterocycles. The molecule has 110 valence electrons. The van der Waals surface area contributed by atoms with Crippen LogP contribution in [0.4, 0.5) is 4.39 Å². The summed E-state index contributed by atoms with van der Waals surface area (Å²) in [5.41, 5.74) is 0.100. The summed E-state index contributed by atoms with van der Waals surface area (Å²) in [6, 6.07) is 4.32. The standard InChI is InChI=1S/C15H19ClFNO2/c1-10(16)11-5-7-18(8-6-11)15(19)13-4-3-12(20-2)9-14(13)17/h3-4,9-11H,5-8H2,1-2H3. The molecule has 1 aliphatic heterocycles. The third kappa shape index (κ3) is 3.23. The predicted octanol–water partition coefficient (Wildman–Crippen LogP) is 3.31. The summed E-state index contributed by atoms with van der Waals surface area (Å²) in [5, 5.41) is 0.116. The number of ether oxygens (including phenoxy) is 1. The molecule has 1 aromatic rings. The average Bonchev–Trinajstić information content (AvgIpc) is 2.46. The first kappa shape index (κ1) is 15.1. The molecular formula is C15H19ClFNO2. The van der Waals surface area contributed by atoms with Gasteiger partial charge in [-0.3, -0.25) is 4.79 Å². The fourth-order valence-corrected chi connectivity index (χ4v) is 2.78. The molecular weight excluding hydrogens is 281 g/mol. The maximum atomic E-state index is 13.9. The van der Waals surface area contributed by atoms with Crippen LogP contribution >= 0.6 is 11.6 Å². The van der Waals surface area contributed by atoms with Crippen molar-refractivity contribution in [1.82, 2.24) is 4.90 Å². The summed E-state index contributed by atoms with van der Waals surface area (Å²) in [4.78, 5) is 14.0. The number of amides is 1. The van der Waals surface area contributed by atoms with Crippen LogP contribution in [0.2, 0.25) is 0 Å². The summed E-state index contributed by atoms with van der Waals surface area (Å²) in [5.74, 6) is 0.0446. The van der Waals surface area contributed by atoms with Crippen molar-refractivity contribution < 1.29 is 13.9 Å². The second-order valence-electron chi connectivity index (χ2n) is 5.15. The molecule has 20 heavy (non-hydrogen) atoms. The molecule has 0 N–H and O–H groups in total.